The first-order chi connectivity index (χ1) is 24.8. The van der Waals surface area contributed by atoms with Gasteiger partial charge in [-0.05, 0) is 75.5 Å². The summed E-state index contributed by atoms with van der Waals surface area (Å²) in [7, 11) is 0. The van der Waals surface area contributed by atoms with E-state index >= 15 is 0 Å². The molecule has 0 amide bonds. The minimum absolute atomic E-state index is 0.656. The Morgan fingerprint density at radius 2 is 0.980 bits per heavy atom. The molecule has 1 heterocycles. The van der Waals surface area contributed by atoms with Crippen LogP contribution in [0.15, 0.2) is 186 Å². The standard InChI is InChI=1S/C47H30N2O/c1-3-11-31(12-4-1)32-21-25-36(26-22-32)49(43-20-9-16-33-13-7-8-17-39(33)43)37-27-23-34(24-28-37)38-29-30-41-44-40(38)18-10-19-42(44)46-45(41)48-47(50-46)35-14-5-2-6-15-35/h1-30H. The van der Waals surface area contributed by atoms with Gasteiger partial charge >= 0.3 is 0 Å². The number of hydrogen-bond acceptors (Lipinski definition) is 3. The summed E-state index contributed by atoms with van der Waals surface area (Å²) in [5.41, 5.74) is 12.2. The second-order valence-electron chi connectivity index (χ2n) is 12.7. The van der Waals surface area contributed by atoms with Crippen LogP contribution in [0.5, 0.6) is 0 Å². The molecule has 9 aromatic rings. The molecule has 0 spiro atoms. The largest absolute Gasteiger partial charge is 0.435 e. The number of fused-ring (bicyclic) bond motifs is 4. The van der Waals surface area contributed by atoms with Crippen LogP contribution in [0.25, 0.3) is 77.8 Å². The van der Waals surface area contributed by atoms with E-state index in [1.807, 2.05) is 30.3 Å². The molecular weight excluding hydrogens is 609 g/mol. The van der Waals surface area contributed by atoms with Gasteiger partial charge in [0.05, 0.1) is 5.69 Å². The second kappa shape index (κ2) is 11.5. The van der Waals surface area contributed by atoms with E-state index in [4.69, 9.17) is 9.40 Å². The second-order valence-corrected chi connectivity index (χ2v) is 12.7. The molecule has 3 nitrogen and oxygen atoms in total. The van der Waals surface area contributed by atoms with Gasteiger partial charge in [-0.15, -0.1) is 0 Å². The molecule has 1 aliphatic carbocycles. The third kappa shape index (κ3) is 4.56. The van der Waals surface area contributed by atoms with E-state index in [-0.39, 0.29) is 0 Å². The number of oxazole rings is 1. The first-order valence-electron chi connectivity index (χ1n) is 17.0. The topological polar surface area (TPSA) is 29.3 Å². The van der Waals surface area contributed by atoms with Crippen LogP contribution < -0.4 is 4.90 Å². The van der Waals surface area contributed by atoms with Crippen molar-refractivity contribution in [2.45, 2.75) is 0 Å². The van der Waals surface area contributed by atoms with Crippen molar-refractivity contribution in [3.05, 3.63) is 182 Å². The number of hydrogen-bond donors (Lipinski definition) is 0. The summed E-state index contributed by atoms with van der Waals surface area (Å²) in [5, 5.41) is 4.82. The van der Waals surface area contributed by atoms with Crippen molar-refractivity contribution in [2.24, 2.45) is 0 Å². The Labute approximate surface area is 290 Å². The van der Waals surface area contributed by atoms with Gasteiger partial charge in [-0.25, -0.2) is 4.98 Å². The lowest BCUT2D eigenvalue weighted by atomic mass is 9.94. The Kier molecular flexibility index (Phi) is 6.49. The SMILES string of the molecule is c1ccc(-c2ccc(N(c3ccc(-c4ccc5c6c(cccc46)-c4oc(-c6ccccc6)nc4-5)cc3)c3cccc4ccccc34)cc2)cc1. The van der Waals surface area contributed by atoms with Crippen LogP contribution in [0.2, 0.25) is 0 Å². The Hall–Kier alpha value is -6.71. The fraction of sp³-hybridized carbons (Fsp3) is 0. The third-order valence-electron chi connectivity index (χ3n) is 9.86. The predicted molar refractivity (Wildman–Crippen MR) is 207 cm³/mol. The normalized spacial score (nSPS) is 11.6. The fourth-order valence-electron chi connectivity index (χ4n) is 7.49. The highest BCUT2D eigenvalue weighted by Gasteiger charge is 2.29. The van der Waals surface area contributed by atoms with Crippen molar-refractivity contribution in [3.8, 4) is 56.3 Å². The van der Waals surface area contributed by atoms with Crippen molar-refractivity contribution in [2.75, 3.05) is 4.90 Å². The van der Waals surface area contributed by atoms with Gasteiger partial charge in [-0.1, -0.05) is 140 Å². The molecule has 0 saturated heterocycles. The van der Waals surface area contributed by atoms with Crippen LogP contribution in [0.3, 0.4) is 0 Å². The maximum atomic E-state index is 6.40. The molecule has 234 valence electrons. The molecule has 50 heavy (non-hydrogen) atoms. The van der Waals surface area contributed by atoms with Gasteiger partial charge in [-0.3, -0.25) is 0 Å². The van der Waals surface area contributed by atoms with Crippen molar-refractivity contribution in [3.63, 3.8) is 0 Å². The number of anilines is 3. The highest BCUT2D eigenvalue weighted by Crippen LogP contribution is 2.50. The Morgan fingerprint density at radius 3 is 1.74 bits per heavy atom. The van der Waals surface area contributed by atoms with Gasteiger partial charge in [0.15, 0.2) is 5.76 Å². The third-order valence-corrected chi connectivity index (χ3v) is 9.86. The molecule has 8 aromatic carbocycles. The van der Waals surface area contributed by atoms with Gasteiger partial charge in [0.25, 0.3) is 0 Å². The number of benzene rings is 8. The highest BCUT2D eigenvalue weighted by atomic mass is 16.4. The molecule has 1 aliphatic rings. The summed E-state index contributed by atoms with van der Waals surface area (Å²) >= 11 is 0. The Morgan fingerprint density at radius 1 is 0.400 bits per heavy atom. The summed E-state index contributed by atoms with van der Waals surface area (Å²) in [6, 6.07) is 64.6. The van der Waals surface area contributed by atoms with E-state index in [1.54, 1.807) is 0 Å². The molecule has 10 rings (SSSR count). The molecule has 0 N–H and O–H groups in total. The van der Waals surface area contributed by atoms with Crippen molar-refractivity contribution >= 4 is 38.6 Å². The van der Waals surface area contributed by atoms with Crippen LogP contribution in [0.4, 0.5) is 17.1 Å². The average Bonchev–Trinajstić information content (AvgIpc) is 3.76. The van der Waals surface area contributed by atoms with Gasteiger partial charge in [0, 0.05) is 38.8 Å². The van der Waals surface area contributed by atoms with Crippen LogP contribution in [-0.4, -0.2) is 4.98 Å². The summed E-state index contributed by atoms with van der Waals surface area (Å²) < 4.78 is 6.40. The lowest BCUT2D eigenvalue weighted by Crippen LogP contribution is -2.10. The summed E-state index contributed by atoms with van der Waals surface area (Å²) in [6.45, 7) is 0. The summed E-state index contributed by atoms with van der Waals surface area (Å²) in [4.78, 5) is 7.33. The molecule has 0 saturated carbocycles. The molecule has 0 unspecified atom stereocenters. The first kappa shape index (κ1) is 28.3. The van der Waals surface area contributed by atoms with Gasteiger partial charge in [0.1, 0.15) is 5.69 Å². The smallest absolute Gasteiger partial charge is 0.227 e. The maximum Gasteiger partial charge on any atom is 0.227 e. The van der Waals surface area contributed by atoms with Crippen LogP contribution in [0, 0.1) is 0 Å². The summed E-state index contributed by atoms with van der Waals surface area (Å²) in [6.07, 6.45) is 0. The van der Waals surface area contributed by atoms with Crippen molar-refractivity contribution in [1.29, 1.82) is 0 Å². The molecule has 0 radical (unpaired) electrons. The quantitative estimate of drug-likeness (QED) is 0.181. The lowest BCUT2D eigenvalue weighted by Gasteiger charge is -2.27. The molecule has 0 atom stereocenters. The van der Waals surface area contributed by atoms with Gasteiger partial charge in [0.2, 0.25) is 5.89 Å². The van der Waals surface area contributed by atoms with E-state index in [0.29, 0.717) is 5.89 Å². The van der Waals surface area contributed by atoms with Crippen LogP contribution >= 0.6 is 0 Å². The van der Waals surface area contributed by atoms with E-state index in [0.717, 1.165) is 50.8 Å². The van der Waals surface area contributed by atoms with Gasteiger partial charge < -0.3 is 9.32 Å². The monoisotopic (exact) mass is 638 g/mol. The van der Waals surface area contributed by atoms with Gasteiger partial charge in [-0.2, -0.15) is 0 Å². The van der Waals surface area contributed by atoms with Crippen LogP contribution in [0.1, 0.15) is 0 Å². The zero-order chi connectivity index (χ0) is 33.0. The number of nitrogens with zero attached hydrogens (tertiary/aromatic N) is 2. The zero-order valence-electron chi connectivity index (χ0n) is 27.1. The molecule has 1 aromatic heterocycles. The molecule has 0 fully saturated rings. The van der Waals surface area contributed by atoms with E-state index in [9.17, 15) is 0 Å². The first-order valence-corrected chi connectivity index (χ1v) is 17.0. The van der Waals surface area contributed by atoms with E-state index < -0.39 is 0 Å². The van der Waals surface area contributed by atoms with E-state index in [2.05, 4.69) is 157 Å². The Balaban J connectivity index is 1.06. The van der Waals surface area contributed by atoms with Crippen molar-refractivity contribution < 1.29 is 4.42 Å². The lowest BCUT2D eigenvalue weighted by molar-refractivity contribution is 0.590. The number of aromatic nitrogens is 1. The molecule has 0 bridgehead atoms. The average molecular weight is 639 g/mol. The van der Waals surface area contributed by atoms with Crippen molar-refractivity contribution in [1.82, 2.24) is 4.98 Å². The minimum Gasteiger partial charge on any atom is -0.435 e. The Bertz CT molecular complexity index is 2640. The zero-order valence-corrected chi connectivity index (χ0v) is 27.1. The highest BCUT2D eigenvalue weighted by molar-refractivity contribution is 6.17. The molecular formula is C47H30N2O. The fourth-order valence-corrected chi connectivity index (χ4v) is 7.49. The molecule has 3 heteroatoms. The number of rotatable bonds is 6. The molecule has 0 aliphatic heterocycles. The minimum atomic E-state index is 0.656. The predicted octanol–water partition coefficient (Wildman–Crippen LogP) is 13.1. The van der Waals surface area contributed by atoms with E-state index in [1.165, 1.54) is 38.2 Å². The summed E-state index contributed by atoms with van der Waals surface area (Å²) in [5.74, 6) is 1.50. The maximum absolute atomic E-state index is 6.40. The van der Waals surface area contributed by atoms with Crippen LogP contribution in [-0.2, 0) is 0 Å².